The van der Waals surface area contributed by atoms with Crippen molar-refractivity contribution in [1.82, 2.24) is 4.90 Å². The zero-order valence-electron chi connectivity index (χ0n) is 6.36. The molecule has 0 aromatic heterocycles. The van der Waals surface area contributed by atoms with E-state index in [1.54, 1.807) is 0 Å². The number of rotatable bonds is 1. The van der Waals surface area contributed by atoms with Crippen LogP contribution in [0.1, 0.15) is 13.3 Å². The molecule has 0 saturated carbocycles. The molecule has 4 heteroatoms. The van der Waals surface area contributed by atoms with Crippen LogP contribution in [0.2, 0.25) is 0 Å². The first-order valence-electron chi connectivity index (χ1n) is 3.60. The third-order valence-electron chi connectivity index (χ3n) is 1.96. The zero-order chi connectivity index (χ0) is 8.43. The van der Waals surface area contributed by atoms with Crippen molar-refractivity contribution in [3.8, 4) is 0 Å². The maximum atomic E-state index is 10.5. The quantitative estimate of drug-likeness (QED) is 0.566. The largest absolute Gasteiger partial charge is 0.465 e. The van der Waals surface area contributed by atoms with Gasteiger partial charge in [0.25, 0.3) is 0 Å². The molecule has 1 aliphatic rings. The average molecular weight is 157 g/mol. The van der Waals surface area contributed by atoms with Gasteiger partial charge in [0.2, 0.25) is 0 Å². The molecule has 0 aliphatic carbocycles. The summed E-state index contributed by atoms with van der Waals surface area (Å²) in [5.74, 6) is 0.307. The average Bonchev–Trinajstić information content (AvgIpc) is 2.30. The monoisotopic (exact) mass is 157 g/mol. The van der Waals surface area contributed by atoms with Crippen LogP contribution in [-0.4, -0.2) is 35.0 Å². The Labute approximate surface area is 64.8 Å². The van der Waals surface area contributed by atoms with Gasteiger partial charge < -0.3 is 9.90 Å². The van der Waals surface area contributed by atoms with Crippen LogP contribution in [0.25, 0.3) is 0 Å². The highest BCUT2D eigenvalue weighted by Crippen LogP contribution is 2.20. The molecular weight excluding hydrogens is 146 g/mol. The van der Waals surface area contributed by atoms with Crippen LogP contribution in [0.5, 0.6) is 0 Å². The smallest absolute Gasteiger partial charge is 0.407 e. The molecule has 1 heterocycles. The van der Waals surface area contributed by atoms with Crippen molar-refractivity contribution in [2.75, 3.05) is 6.54 Å². The highest BCUT2D eigenvalue weighted by atomic mass is 16.4. The molecule has 62 valence electrons. The second kappa shape index (κ2) is 2.90. The van der Waals surface area contributed by atoms with Crippen molar-refractivity contribution >= 4 is 12.4 Å². The summed E-state index contributed by atoms with van der Waals surface area (Å²) in [5.41, 5.74) is 0. The van der Waals surface area contributed by atoms with Crippen LogP contribution in [0, 0.1) is 5.92 Å². The van der Waals surface area contributed by atoms with Crippen molar-refractivity contribution in [3.63, 3.8) is 0 Å². The van der Waals surface area contributed by atoms with Crippen molar-refractivity contribution < 1.29 is 14.7 Å². The van der Waals surface area contributed by atoms with E-state index in [9.17, 15) is 9.59 Å². The van der Waals surface area contributed by atoms with Gasteiger partial charge in [-0.25, -0.2) is 4.79 Å². The lowest BCUT2D eigenvalue weighted by molar-refractivity contribution is -0.111. The minimum atomic E-state index is -0.994. The normalized spacial score (nSPS) is 30.5. The Morgan fingerprint density at radius 3 is 2.73 bits per heavy atom. The van der Waals surface area contributed by atoms with Crippen molar-refractivity contribution in [1.29, 1.82) is 0 Å². The van der Waals surface area contributed by atoms with E-state index < -0.39 is 12.1 Å². The molecule has 1 aliphatic heterocycles. The number of amides is 1. The Morgan fingerprint density at radius 2 is 2.36 bits per heavy atom. The van der Waals surface area contributed by atoms with E-state index in [0.29, 0.717) is 25.2 Å². The summed E-state index contributed by atoms with van der Waals surface area (Å²) in [6.07, 6.45) is 0.374. The van der Waals surface area contributed by atoms with Crippen molar-refractivity contribution in [2.45, 2.75) is 19.4 Å². The molecule has 2 atom stereocenters. The van der Waals surface area contributed by atoms with Gasteiger partial charge in [0, 0.05) is 6.54 Å². The summed E-state index contributed by atoms with van der Waals surface area (Å²) in [6.45, 7) is 2.43. The van der Waals surface area contributed by atoms with Crippen LogP contribution < -0.4 is 0 Å². The second-order valence-electron chi connectivity index (χ2n) is 2.98. The number of hydrogen-bond acceptors (Lipinski definition) is 2. The maximum absolute atomic E-state index is 10.5. The molecule has 0 aromatic rings. The molecule has 1 N–H and O–H groups in total. The van der Waals surface area contributed by atoms with Crippen LogP contribution >= 0.6 is 0 Å². The summed E-state index contributed by atoms with van der Waals surface area (Å²) < 4.78 is 0. The number of carbonyl (C=O) groups excluding carboxylic acids is 1. The summed E-state index contributed by atoms with van der Waals surface area (Å²) >= 11 is 0. The summed E-state index contributed by atoms with van der Waals surface area (Å²) in [6, 6.07) is -0.414. The van der Waals surface area contributed by atoms with Gasteiger partial charge in [-0.05, 0) is 12.3 Å². The number of carbonyl (C=O) groups is 2. The molecule has 1 amide bonds. The Bertz CT molecular complexity index is 181. The molecule has 0 radical (unpaired) electrons. The highest BCUT2D eigenvalue weighted by molar-refractivity contribution is 5.72. The molecule has 1 saturated heterocycles. The van der Waals surface area contributed by atoms with Crippen LogP contribution in [-0.2, 0) is 4.79 Å². The van der Waals surface area contributed by atoms with Crippen molar-refractivity contribution in [3.05, 3.63) is 0 Å². The standard InChI is InChI=1S/C7H11NO3/c1-5-2-6(4-9)8(3-5)7(10)11/h4-6H,2-3H2,1H3,(H,10,11)/t5-,6-/m0/s1. The molecule has 0 unspecified atom stereocenters. The van der Waals surface area contributed by atoms with E-state index in [-0.39, 0.29) is 0 Å². The molecule has 11 heavy (non-hydrogen) atoms. The highest BCUT2D eigenvalue weighted by Gasteiger charge is 2.32. The molecular formula is C7H11NO3. The van der Waals surface area contributed by atoms with Gasteiger partial charge in [-0.1, -0.05) is 6.92 Å². The first kappa shape index (κ1) is 8.04. The van der Waals surface area contributed by atoms with Gasteiger partial charge in [-0.3, -0.25) is 4.90 Å². The Balaban J connectivity index is 2.64. The van der Waals surface area contributed by atoms with E-state index in [1.807, 2.05) is 6.92 Å². The number of aldehydes is 1. The Hall–Kier alpha value is -1.06. The van der Waals surface area contributed by atoms with E-state index in [1.165, 1.54) is 4.90 Å². The van der Waals surface area contributed by atoms with Crippen LogP contribution in [0.15, 0.2) is 0 Å². The minimum absolute atomic E-state index is 0.307. The number of hydrogen-bond donors (Lipinski definition) is 1. The first-order valence-corrected chi connectivity index (χ1v) is 3.60. The molecule has 0 spiro atoms. The third-order valence-corrected chi connectivity index (χ3v) is 1.96. The topological polar surface area (TPSA) is 57.6 Å². The maximum Gasteiger partial charge on any atom is 0.407 e. The van der Waals surface area contributed by atoms with Gasteiger partial charge in [0.15, 0.2) is 0 Å². The molecule has 0 bridgehead atoms. The SMILES string of the molecule is C[C@H]1C[C@@H](C=O)N(C(=O)O)C1. The van der Waals surface area contributed by atoms with Crippen molar-refractivity contribution in [2.24, 2.45) is 5.92 Å². The lowest BCUT2D eigenvalue weighted by atomic mass is 10.1. The van der Waals surface area contributed by atoms with Gasteiger partial charge in [0.05, 0.1) is 6.04 Å². The second-order valence-corrected chi connectivity index (χ2v) is 2.98. The predicted molar refractivity (Wildman–Crippen MR) is 38.4 cm³/mol. The molecule has 1 rings (SSSR count). The molecule has 0 aromatic carbocycles. The fraction of sp³-hybridized carbons (Fsp3) is 0.714. The first-order chi connectivity index (χ1) is 5.15. The van der Waals surface area contributed by atoms with Crippen LogP contribution in [0.4, 0.5) is 4.79 Å². The molecule has 1 fully saturated rings. The lowest BCUT2D eigenvalue weighted by Crippen LogP contribution is -2.35. The van der Waals surface area contributed by atoms with Gasteiger partial charge in [-0.2, -0.15) is 0 Å². The number of likely N-dealkylation sites (tertiary alicyclic amines) is 1. The third kappa shape index (κ3) is 1.50. The van der Waals surface area contributed by atoms with E-state index in [4.69, 9.17) is 5.11 Å². The van der Waals surface area contributed by atoms with Gasteiger partial charge in [-0.15, -0.1) is 0 Å². The van der Waals surface area contributed by atoms with Gasteiger partial charge >= 0.3 is 6.09 Å². The number of nitrogens with zero attached hydrogens (tertiary/aromatic N) is 1. The van der Waals surface area contributed by atoms with Gasteiger partial charge in [0.1, 0.15) is 6.29 Å². The van der Waals surface area contributed by atoms with E-state index in [0.717, 1.165) is 0 Å². The fourth-order valence-corrected chi connectivity index (χ4v) is 1.43. The minimum Gasteiger partial charge on any atom is -0.465 e. The summed E-state index contributed by atoms with van der Waals surface area (Å²) in [5, 5.41) is 8.60. The lowest BCUT2D eigenvalue weighted by Gasteiger charge is -2.15. The Kier molecular flexibility index (Phi) is 2.12. The van der Waals surface area contributed by atoms with E-state index in [2.05, 4.69) is 0 Å². The predicted octanol–water partition coefficient (Wildman–Crippen LogP) is 0.574. The fourth-order valence-electron chi connectivity index (χ4n) is 1.43. The summed E-state index contributed by atoms with van der Waals surface area (Å²) in [4.78, 5) is 22.0. The number of carboxylic acid groups (broad SMARTS) is 1. The zero-order valence-corrected chi connectivity index (χ0v) is 6.36. The summed E-state index contributed by atoms with van der Waals surface area (Å²) in [7, 11) is 0. The molecule has 4 nitrogen and oxygen atoms in total. The van der Waals surface area contributed by atoms with E-state index >= 15 is 0 Å². The Morgan fingerprint density at radius 1 is 1.73 bits per heavy atom. The van der Waals surface area contributed by atoms with Crippen LogP contribution in [0.3, 0.4) is 0 Å².